The van der Waals surface area contributed by atoms with Gasteiger partial charge in [0.25, 0.3) is 0 Å². The monoisotopic (exact) mass is 275 g/mol. The summed E-state index contributed by atoms with van der Waals surface area (Å²) in [6, 6.07) is 5.90. The highest BCUT2D eigenvalue weighted by Crippen LogP contribution is 2.21. The van der Waals surface area contributed by atoms with E-state index in [1.165, 1.54) is 50.5 Å². The van der Waals surface area contributed by atoms with Crippen molar-refractivity contribution in [2.75, 3.05) is 7.05 Å². The van der Waals surface area contributed by atoms with Crippen molar-refractivity contribution in [2.24, 2.45) is 4.99 Å². The lowest BCUT2D eigenvalue weighted by molar-refractivity contribution is 0.474. The molecule has 0 fully saturated rings. The van der Waals surface area contributed by atoms with Gasteiger partial charge in [0.2, 0.25) is 0 Å². The minimum Gasteiger partial charge on any atom is -0.507 e. The fourth-order valence-electron chi connectivity index (χ4n) is 2.44. The fraction of sp³-hybridized carbons (Fsp3) is 0.611. The Balaban J connectivity index is 2.37. The summed E-state index contributed by atoms with van der Waals surface area (Å²) in [4.78, 5) is 4.16. The van der Waals surface area contributed by atoms with Gasteiger partial charge in [0, 0.05) is 18.3 Å². The molecule has 0 aliphatic rings. The minimum absolute atomic E-state index is 0.330. The number of unbranched alkanes of at least 4 members (excludes halogenated alkanes) is 6. The maximum atomic E-state index is 9.85. The topological polar surface area (TPSA) is 32.6 Å². The molecule has 0 saturated heterocycles. The Morgan fingerprint density at radius 2 is 1.70 bits per heavy atom. The zero-order valence-electron chi connectivity index (χ0n) is 13.3. The van der Waals surface area contributed by atoms with Crippen LogP contribution in [0.15, 0.2) is 23.2 Å². The molecule has 20 heavy (non-hydrogen) atoms. The second kappa shape index (κ2) is 9.57. The van der Waals surface area contributed by atoms with Gasteiger partial charge in [-0.15, -0.1) is 0 Å². The Morgan fingerprint density at radius 3 is 2.35 bits per heavy atom. The highest BCUT2D eigenvalue weighted by molar-refractivity contribution is 6.01. The summed E-state index contributed by atoms with van der Waals surface area (Å²) in [5.74, 6) is 0.330. The average molecular weight is 275 g/mol. The van der Waals surface area contributed by atoms with Gasteiger partial charge in [-0.3, -0.25) is 4.99 Å². The van der Waals surface area contributed by atoms with Crippen LogP contribution in [0.4, 0.5) is 0 Å². The standard InChI is InChI=1S/C18H29NO/c1-4-5-6-7-8-9-10-11-16-12-13-18(20)17(14-16)15(2)19-3/h12-14,20H,4-11H2,1-3H3. The number of aromatic hydroxyl groups is 1. The van der Waals surface area contributed by atoms with Gasteiger partial charge in [-0.1, -0.05) is 51.5 Å². The first kappa shape index (κ1) is 16.7. The number of aryl methyl sites for hydroxylation is 1. The number of nitrogens with zero attached hydrogens (tertiary/aromatic N) is 1. The number of hydrogen-bond acceptors (Lipinski definition) is 2. The lowest BCUT2D eigenvalue weighted by Gasteiger charge is -2.07. The third kappa shape index (κ3) is 5.77. The number of phenolic OH excluding ortho intramolecular Hbond substituents is 1. The van der Waals surface area contributed by atoms with Crippen LogP contribution in [0.1, 0.15) is 69.9 Å². The van der Waals surface area contributed by atoms with Crippen LogP contribution in [0.2, 0.25) is 0 Å². The molecule has 1 N–H and O–H groups in total. The Labute approximate surface area is 124 Å². The highest BCUT2D eigenvalue weighted by atomic mass is 16.3. The van der Waals surface area contributed by atoms with Crippen molar-refractivity contribution in [3.63, 3.8) is 0 Å². The normalized spacial score (nSPS) is 11.8. The third-order valence-electron chi connectivity index (χ3n) is 3.86. The van der Waals surface area contributed by atoms with Crippen LogP contribution in [-0.2, 0) is 6.42 Å². The molecule has 0 radical (unpaired) electrons. The molecule has 0 aromatic heterocycles. The lowest BCUT2D eigenvalue weighted by atomic mass is 10.0. The maximum Gasteiger partial charge on any atom is 0.124 e. The van der Waals surface area contributed by atoms with E-state index in [-0.39, 0.29) is 0 Å². The van der Waals surface area contributed by atoms with Crippen LogP contribution in [0.25, 0.3) is 0 Å². The summed E-state index contributed by atoms with van der Waals surface area (Å²) in [7, 11) is 1.76. The predicted octanol–water partition coefficient (Wildman–Crippen LogP) is 5.12. The molecule has 0 unspecified atom stereocenters. The Kier molecular flexibility index (Phi) is 8.01. The van der Waals surface area contributed by atoms with E-state index in [0.29, 0.717) is 5.75 Å². The number of hydrogen-bond donors (Lipinski definition) is 1. The molecule has 112 valence electrons. The molecule has 1 rings (SSSR count). The second-order valence-corrected chi connectivity index (χ2v) is 5.53. The number of rotatable bonds is 9. The van der Waals surface area contributed by atoms with Gasteiger partial charge in [0.1, 0.15) is 5.75 Å². The van der Waals surface area contributed by atoms with Crippen molar-refractivity contribution in [1.29, 1.82) is 0 Å². The Morgan fingerprint density at radius 1 is 1.05 bits per heavy atom. The summed E-state index contributed by atoms with van der Waals surface area (Å²) in [5.41, 5.74) is 3.06. The molecule has 0 aliphatic carbocycles. The van der Waals surface area contributed by atoms with E-state index in [9.17, 15) is 5.11 Å². The molecular formula is C18H29NO. The van der Waals surface area contributed by atoms with Crippen molar-refractivity contribution in [3.05, 3.63) is 29.3 Å². The summed E-state index contributed by atoms with van der Waals surface area (Å²) in [6.45, 7) is 4.19. The van der Waals surface area contributed by atoms with Crippen LogP contribution in [0, 0.1) is 0 Å². The largest absolute Gasteiger partial charge is 0.507 e. The molecule has 2 heteroatoms. The molecule has 0 heterocycles. The first-order valence-corrected chi connectivity index (χ1v) is 7.94. The van der Waals surface area contributed by atoms with E-state index >= 15 is 0 Å². The second-order valence-electron chi connectivity index (χ2n) is 5.53. The van der Waals surface area contributed by atoms with E-state index in [2.05, 4.69) is 18.0 Å². The first-order valence-electron chi connectivity index (χ1n) is 7.94. The van der Waals surface area contributed by atoms with Gasteiger partial charge in [-0.2, -0.15) is 0 Å². The summed E-state index contributed by atoms with van der Waals surface area (Å²) in [5, 5.41) is 9.85. The zero-order valence-corrected chi connectivity index (χ0v) is 13.3. The molecule has 0 spiro atoms. The van der Waals surface area contributed by atoms with E-state index in [0.717, 1.165) is 17.7 Å². The van der Waals surface area contributed by atoms with E-state index in [1.54, 1.807) is 13.1 Å². The van der Waals surface area contributed by atoms with Gasteiger partial charge >= 0.3 is 0 Å². The number of aliphatic imine (C=N–C) groups is 1. The van der Waals surface area contributed by atoms with E-state index < -0.39 is 0 Å². The maximum absolute atomic E-state index is 9.85. The summed E-state index contributed by atoms with van der Waals surface area (Å²) >= 11 is 0. The molecule has 0 aliphatic heterocycles. The Bertz CT molecular complexity index is 423. The molecule has 2 nitrogen and oxygen atoms in total. The predicted molar refractivity (Wildman–Crippen MR) is 87.9 cm³/mol. The molecule has 0 bridgehead atoms. The fourth-order valence-corrected chi connectivity index (χ4v) is 2.44. The molecule has 1 aromatic carbocycles. The zero-order chi connectivity index (χ0) is 14.8. The lowest BCUT2D eigenvalue weighted by Crippen LogP contribution is -1.97. The SMILES string of the molecule is CCCCCCCCCc1ccc(O)c(C(C)=NC)c1. The van der Waals surface area contributed by atoms with Crippen molar-refractivity contribution in [3.8, 4) is 5.75 Å². The van der Waals surface area contributed by atoms with Crippen LogP contribution in [-0.4, -0.2) is 17.9 Å². The first-order chi connectivity index (χ1) is 9.69. The Hall–Kier alpha value is -1.31. The van der Waals surface area contributed by atoms with Gasteiger partial charge in [-0.05, 0) is 37.5 Å². The molecule has 0 atom stereocenters. The van der Waals surface area contributed by atoms with E-state index in [1.807, 2.05) is 13.0 Å². The summed E-state index contributed by atoms with van der Waals surface area (Å²) < 4.78 is 0. The van der Waals surface area contributed by atoms with Gasteiger partial charge in [0.15, 0.2) is 0 Å². The third-order valence-corrected chi connectivity index (χ3v) is 3.86. The summed E-state index contributed by atoms with van der Waals surface area (Å²) in [6.07, 6.45) is 10.4. The van der Waals surface area contributed by atoms with E-state index in [4.69, 9.17) is 0 Å². The van der Waals surface area contributed by atoms with Gasteiger partial charge in [-0.25, -0.2) is 0 Å². The van der Waals surface area contributed by atoms with Crippen molar-refractivity contribution in [2.45, 2.75) is 65.2 Å². The van der Waals surface area contributed by atoms with Crippen molar-refractivity contribution < 1.29 is 5.11 Å². The van der Waals surface area contributed by atoms with Gasteiger partial charge < -0.3 is 5.11 Å². The van der Waals surface area contributed by atoms with Crippen LogP contribution < -0.4 is 0 Å². The van der Waals surface area contributed by atoms with Crippen molar-refractivity contribution >= 4 is 5.71 Å². The number of phenols is 1. The average Bonchev–Trinajstić information content (AvgIpc) is 2.47. The minimum atomic E-state index is 0.330. The molecular weight excluding hydrogens is 246 g/mol. The number of benzene rings is 1. The molecule has 0 amide bonds. The van der Waals surface area contributed by atoms with Gasteiger partial charge in [0.05, 0.1) is 0 Å². The molecule has 0 saturated carbocycles. The quantitative estimate of drug-likeness (QED) is 0.492. The smallest absolute Gasteiger partial charge is 0.124 e. The van der Waals surface area contributed by atoms with Crippen LogP contribution in [0.3, 0.4) is 0 Å². The van der Waals surface area contributed by atoms with Crippen LogP contribution >= 0.6 is 0 Å². The van der Waals surface area contributed by atoms with Crippen LogP contribution in [0.5, 0.6) is 5.75 Å². The van der Waals surface area contributed by atoms with Crippen molar-refractivity contribution in [1.82, 2.24) is 0 Å². The molecule has 1 aromatic rings. The highest BCUT2D eigenvalue weighted by Gasteiger charge is 2.05.